The Hall–Kier alpha value is -0.380. The van der Waals surface area contributed by atoms with Crippen molar-refractivity contribution < 1.29 is 39.8 Å². The average molecular weight is 431 g/mol. The maximum Gasteiger partial charge on any atom is 1.00 e. The number of hydrogen-bond acceptors (Lipinski definition) is 6. The average Bonchev–Trinajstić information content (AvgIpc) is 2.68. The molecule has 10 heteroatoms. The molecule has 1 amide bonds. The van der Waals surface area contributed by atoms with E-state index in [1.165, 1.54) is 32.2 Å². The summed E-state index contributed by atoms with van der Waals surface area (Å²) >= 11 is 0. The number of nitrogens with one attached hydrogen (secondary N) is 2. The predicted octanol–water partition coefficient (Wildman–Crippen LogP) is -2.40. The van der Waals surface area contributed by atoms with Crippen LogP contribution in [-0.4, -0.2) is 74.9 Å². The number of unbranched alkanes of at least 4 members (excludes halogenated alkanes) is 7. The van der Waals surface area contributed by atoms with Crippen LogP contribution in [0.2, 0.25) is 0 Å². The van der Waals surface area contributed by atoms with Crippen LogP contribution in [0.1, 0.15) is 72.6 Å². The van der Waals surface area contributed by atoms with E-state index in [1.807, 2.05) is 7.05 Å². The van der Waals surface area contributed by atoms with Crippen LogP contribution in [0.5, 0.6) is 0 Å². The van der Waals surface area contributed by atoms with Gasteiger partial charge < -0.3 is 33.4 Å². The molecule has 0 atom stereocenters. The molecular weight excluding hydrogens is 382 g/mol. The van der Waals surface area contributed by atoms with Gasteiger partial charge in [0.15, 0.2) is 17.4 Å². The van der Waals surface area contributed by atoms with Gasteiger partial charge in [-0.3, -0.25) is 9.59 Å². The van der Waals surface area contributed by atoms with Gasteiger partial charge in [0.2, 0.25) is 6.41 Å². The minimum atomic E-state index is -0.250. The molecule has 29 heavy (non-hydrogen) atoms. The van der Waals surface area contributed by atoms with Crippen molar-refractivity contribution in [2.45, 2.75) is 71.1 Å². The normalized spacial score (nSPS) is 8.00. The fourth-order valence-corrected chi connectivity index (χ4v) is 1.71. The molecule has 0 saturated heterocycles. The Balaban J connectivity index is -0.0000000483. The zero-order valence-electron chi connectivity index (χ0n) is 19.5. The Morgan fingerprint density at radius 3 is 1.72 bits per heavy atom. The molecule has 172 valence electrons. The number of carboxylic acid groups (broad SMARTS) is 1. The number of hydrogen-bond donors (Lipinski definition) is 5. The van der Waals surface area contributed by atoms with E-state index in [1.54, 1.807) is 0 Å². The minimum absolute atomic E-state index is 0. The van der Waals surface area contributed by atoms with Gasteiger partial charge in [0.25, 0.3) is 6.47 Å². The predicted molar refractivity (Wildman–Crippen MR) is 124 cm³/mol. The van der Waals surface area contributed by atoms with E-state index in [0.717, 1.165) is 58.0 Å². The summed E-state index contributed by atoms with van der Waals surface area (Å²) in [5.74, 6) is 0. The summed E-state index contributed by atoms with van der Waals surface area (Å²) in [6.07, 6.45) is 12.8. The van der Waals surface area contributed by atoms with Gasteiger partial charge in [0.1, 0.15) is 6.29 Å². The largest absolute Gasteiger partial charge is 1.00 e. The fourth-order valence-electron chi connectivity index (χ4n) is 1.71. The molecule has 8 nitrogen and oxygen atoms in total. The number of rotatable bonds is 15. The number of amides is 1. The van der Waals surface area contributed by atoms with E-state index >= 15 is 0 Å². The molecule has 7 N–H and O–H groups in total. The minimum Gasteiger partial charge on any atom is -1.00 e. The van der Waals surface area contributed by atoms with E-state index in [2.05, 4.69) is 17.6 Å². The van der Waals surface area contributed by atoms with Crippen LogP contribution < -0.4 is 41.0 Å². The topological polar surface area (TPSA) is 148 Å². The third-order valence-electron chi connectivity index (χ3n) is 3.17. The van der Waals surface area contributed by atoms with Gasteiger partial charge in [-0.2, -0.15) is 0 Å². The van der Waals surface area contributed by atoms with E-state index in [-0.39, 0.29) is 44.1 Å². The molecule has 0 aliphatic carbocycles. The summed E-state index contributed by atoms with van der Waals surface area (Å²) in [6, 6.07) is 0. The number of aldehydes is 1. The number of carbonyl (C=O) groups is 3. The molecule has 0 radical (unpaired) electrons. The van der Waals surface area contributed by atoms with E-state index in [4.69, 9.17) is 21.4 Å². The zero-order chi connectivity index (χ0) is 21.4. The van der Waals surface area contributed by atoms with Crippen molar-refractivity contribution >= 4 is 36.5 Å². The maximum atomic E-state index is 9.82. The SMILES string of the molecule is CCCCCCNC.NCCCCN.O=CCCCCCNC=O.O=CO.[AlH3].[H-].[Li+]. The number of carbonyl (C=O) groups excluding carboxylic acids is 2. The molecule has 0 rings (SSSR count). The molecule has 0 aliphatic heterocycles. The first-order valence-electron chi connectivity index (χ1n) is 9.89. The quantitative estimate of drug-likeness (QED) is 0.110. The van der Waals surface area contributed by atoms with Crippen LogP contribution >= 0.6 is 0 Å². The molecule has 0 bridgehead atoms. The van der Waals surface area contributed by atoms with Gasteiger partial charge in [-0.1, -0.05) is 32.6 Å². The van der Waals surface area contributed by atoms with Gasteiger partial charge in [-0.05, 0) is 58.8 Å². The van der Waals surface area contributed by atoms with Crippen molar-refractivity contribution in [2.24, 2.45) is 11.5 Å². The van der Waals surface area contributed by atoms with Gasteiger partial charge in [0, 0.05) is 13.0 Å². The van der Waals surface area contributed by atoms with E-state index < -0.39 is 0 Å². The first kappa shape index (κ1) is 42.7. The second kappa shape index (κ2) is 56.5. The summed E-state index contributed by atoms with van der Waals surface area (Å²) in [4.78, 5) is 27.9. The van der Waals surface area contributed by atoms with Gasteiger partial charge in [0.05, 0.1) is 0 Å². The monoisotopic (exact) mass is 430 g/mol. The molecule has 0 aliphatic rings. The molecule has 0 aromatic carbocycles. The summed E-state index contributed by atoms with van der Waals surface area (Å²) in [6.45, 7) is 5.44. The molecule has 0 fully saturated rings. The third kappa shape index (κ3) is 84.8. The van der Waals surface area contributed by atoms with Crippen LogP contribution in [0.4, 0.5) is 0 Å². The molecule has 0 aromatic rings. The zero-order valence-corrected chi connectivity index (χ0v) is 18.5. The van der Waals surface area contributed by atoms with Crippen molar-refractivity contribution in [1.82, 2.24) is 10.6 Å². The molecule has 0 aromatic heterocycles. The molecule has 0 heterocycles. The van der Waals surface area contributed by atoms with Gasteiger partial charge in [-0.25, -0.2) is 0 Å². The molecule has 0 spiro atoms. The third-order valence-corrected chi connectivity index (χ3v) is 3.17. The van der Waals surface area contributed by atoms with Crippen molar-refractivity contribution in [3.05, 3.63) is 0 Å². The first-order chi connectivity index (χ1) is 13.2. The Labute approximate surface area is 202 Å². The Morgan fingerprint density at radius 1 is 0.862 bits per heavy atom. The van der Waals surface area contributed by atoms with Crippen LogP contribution in [0, 0.1) is 0 Å². The summed E-state index contributed by atoms with van der Waals surface area (Å²) in [5.41, 5.74) is 10.3. The first-order valence-corrected chi connectivity index (χ1v) is 9.89. The second-order valence-corrected chi connectivity index (χ2v) is 5.64. The Bertz CT molecular complexity index is 255. The summed E-state index contributed by atoms with van der Waals surface area (Å²) < 4.78 is 0. The number of nitrogens with two attached hydrogens (primary N) is 2. The molecule has 0 saturated carbocycles. The van der Waals surface area contributed by atoms with Crippen LogP contribution in [0.3, 0.4) is 0 Å². The standard InChI is InChI=1S/C7H13NO2.C7H17N.C4H12N2.CH2O2.Al.Li.4H/c9-6-4-2-1-3-5-8-7-10;1-3-4-5-6-7-8-2;5-3-1-2-4-6;2-1-3;;;;;;/h6-7H,1-5H2,(H,8,10);8H,3-7H2,1-2H3;1-6H2;1H,(H,2,3);;;;;;/q;;;;;+1;;;;-1. The van der Waals surface area contributed by atoms with Crippen molar-refractivity contribution in [3.8, 4) is 0 Å². The summed E-state index contributed by atoms with van der Waals surface area (Å²) in [5, 5.41) is 12.6. The van der Waals surface area contributed by atoms with Crippen molar-refractivity contribution in [2.75, 3.05) is 33.2 Å². The summed E-state index contributed by atoms with van der Waals surface area (Å²) in [7, 11) is 2.01. The van der Waals surface area contributed by atoms with E-state index in [0.29, 0.717) is 12.8 Å². The van der Waals surface area contributed by atoms with Crippen molar-refractivity contribution in [1.29, 1.82) is 0 Å². The smallest absolute Gasteiger partial charge is 1.00 e. The second-order valence-electron chi connectivity index (χ2n) is 5.64. The molecular formula is C19H48AlLiN4O4. The Morgan fingerprint density at radius 2 is 1.34 bits per heavy atom. The van der Waals surface area contributed by atoms with Crippen molar-refractivity contribution in [3.63, 3.8) is 0 Å². The van der Waals surface area contributed by atoms with Gasteiger partial charge >= 0.3 is 18.9 Å². The Kier molecular flexibility index (Phi) is 83.1. The van der Waals surface area contributed by atoms with Crippen LogP contribution in [0.15, 0.2) is 0 Å². The van der Waals surface area contributed by atoms with E-state index in [9.17, 15) is 9.59 Å². The fraction of sp³-hybridized carbons (Fsp3) is 0.842. The van der Waals surface area contributed by atoms with Crippen LogP contribution in [-0.2, 0) is 14.4 Å². The van der Waals surface area contributed by atoms with Gasteiger partial charge in [-0.15, -0.1) is 0 Å². The molecule has 0 unspecified atom stereocenters. The maximum absolute atomic E-state index is 9.82. The van der Waals surface area contributed by atoms with Crippen LogP contribution in [0.25, 0.3) is 0 Å².